The minimum Gasteiger partial charge on any atom is -0.507 e. The summed E-state index contributed by atoms with van der Waals surface area (Å²) in [5.74, 6) is 1.12. The second-order valence-electron chi connectivity index (χ2n) is 5.85. The van der Waals surface area contributed by atoms with Crippen molar-refractivity contribution in [2.75, 3.05) is 0 Å². The lowest BCUT2D eigenvalue weighted by atomic mass is 10.1. The minimum absolute atomic E-state index is 0.0592. The highest BCUT2D eigenvalue weighted by molar-refractivity contribution is 6.30. The van der Waals surface area contributed by atoms with E-state index in [4.69, 9.17) is 11.6 Å². The molecule has 6 heteroatoms. The Morgan fingerprint density at radius 3 is 1.63 bits per heavy atom. The molecular weight excluding hydrogens is 362 g/mol. The van der Waals surface area contributed by atoms with Crippen molar-refractivity contribution in [1.29, 1.82) is 0 Å². The summed E-state index contributed by atoms with van der Waals surface area (Å²) in [6, 6.07) is 20.8. The zero-order valence-corrected chi connectivity index (χ0v) is 14.8. The quantitative estimate of drug-likeness (QED) is 0.530. The van der Waals surface area contributed by atoms with E-state index in [2.05, 4.69) is 15.0 Å². The van der Waals surface area contributed by atoms with E-state index in [0.29, 0.717) is 39.2 Å². The number of hydrogen-bond acceptors (Lipinski definition) is 5. The molecule has 0 fully saturated rings. The van der Waals surface area contributed by atoms with Crippen LogP contribution in [0, 0.1) is 0 Å². The number of phenolic OH excluding ortho intramolecular Hbond substituents is 2. The van der Waals surface area contributed by atoms with Crippen LogP contribution >= 0.6 is 11.6 Å². The molecule has 132 valence electrons. The fraction of sp³-hybridized carbons (Fsp3) is 0. The van der Waals surface area contributed by atoms with Crippen LogP contribution < -0.4 is 0 Å². The van der Waals surface area contributed by atoms with Gasteiger partial charge in [-0.3, -0.25) is 0 Å². The number of nitrogens with zero attached hydrogens (tertiary/aromatic N) is 3. The third-order valence-corrected chi connectivity index (χ3v) is 4.24. The first kappa shape index (κ1) is 17.0. The highest BCUT2D eigenvalue weighted by Crippen LogP contribution is 2.32. The highest BCUT2D eigenvalue weighted by atomic mass is 35.5. The molecule has 27 heavy (non-hydrogen) atoms. The van der Waals surface area contributed by atoms with Crippen LogP contribution in [0.5, 0.6) is 11.5 Å². The molecule has 0 atom stereocenters. The molecule has 0 radical (unpaired) electrons. The van der Waals surface area contributed by atoms with Gasteiger partial charge in [-0.2, -0.15) is 0 Å². The van der Waals surface area contributed by atoms with E-state index in [9.17, 15) is 10.2 Å². The molecule has 0 unspecified atom stereocenters. The van der Waals surface area contributed by atoms with Gasteiger partial charge in [-0.05, 0) is 36.4 Å². The molecule has 0 aliphatic rings. The summed E-state index contributed by atoms with van der Waals surface area (Å²) in [5.41, 5.74) is 1.65. The van der Waals surface area contributed by atoms with Crippen molar-refractivity contribution in [2.24, 2.45) is 0 Å². The molecule has 1 aromatic heterocycles. The number of benzene rings is 3. The smallest absolute Gasteiger partial charge is 0.167 e. The number of para-hydroxylation sites is 2. The van der Waals surface area contributed by atoms with E-state index >= 15 is 0 Å². The van der Waals surface area contributed by atoms with Gasteiger partial charge in [0, 0.05) is 10.6 Å². The Hall–Kier alpha value is -3.44. The summed E-state index contributed by atoms with van der Waals surface area (Å²) in [4.78, 5) is 13.5. The van der Waals surface area contributed by atoms with Crippen LogP contribution in [0.15, 0.2) is 72.8 Å². The monoisotopic (exact) mass is 375 g/mol. The SMILES string of the molecule is Oc1ccccc1-c1nc(-c2cccc(Cl)c2)nc(-c2ccccc2O)n1. The van der Waals surface area contributed by atoms with Gasteiger partial charge in [-0.25, -0.2) is 15.0 Å². The van der Waals surface area contributed by atoms with Crippen molar-refractivity contribution in [3.05, 3.63) is 77.8 Å². The molecule has 0 saturated carbocycles. The second kappa shape index (κ2) is 7.05. The Morgan fingerprint density at radius 1 is 0.593 bits per heavy atom. The van der Waals surface area contributed by atoms with Crippen LogP contribution in [0.4, 0.5) is 0 Å². The Labute approximate surface area is 160 Å². The maximum atomic E-state index is 10.2. The summed E-state index contributed by atoms with van der Waals surface area (Å²) in [6.07, 6.45) is 0. The lowest BCUT2D eigenvalue weighted by Crippen LogP contribution is -2.00. The third kappa shape index (κ3) is 3.45. The van der Waals surface area contributed by atoms with Gasteiger partial charge in [0.2, 0.25) is 0 Å². The molecular formula is C21H14ClN3O2. The predicted octanol–water partition coefficient (Wildman–Crippen LogP) is 4.94. The van der Waals surface area contributed by atoms with Gasteiger partial charge in [0.1, 0.15) is 11.5 Å². The van der Waals surface area contributed by atoms with Crippen molar-refractivity contribution in [2.45, 2.75) is 0 Å². The fourth-order valence-electron chi connectivity index (χ4n) is 2.70. The number of rotatable bonds is 3. The molecule has 0 aliphatic carbocycles. The Bertz CT molecular complexity index is 1070. The summed E-state index contributed by atoms with van der Waals surface area (Å²) < 4.78 is 0. The number of phenols is 2. The minimum atomic E-state index is 0.0592. The standard InChI is InChI=1S/C21H14ClN3O2/c22-14-7-5-6-13(12-14)19-23-20(15-8-1-3-10-17(15)26)25-21(24-19)16-9-2-4-11-18(16)27/h1-12,26-27H. The summed E-state index contributed by atoms with van der Waals surface area (Å²) >= 11 is 6.11. The van der Waals surface area contributed by atoms with Gasteiger partial charge >= 0.3 is 0 Å². The van der Waals surface area contributed by atoms with E-state index in [0.717, 1.165) is 0 Å². The maximum absolute atomic E-state index is 10.2. The molecule has 1 heterocycles. The van der Waals surface area contributed by atoms with Crippen LogP contribution in [0.25, 0.3) is 34.2 Å². The number of aromatic nitrogens is 3. The van der Waals surface area contributed by atoms with Crippen LogP contribution in [0.3, 0.4) is 0 Å². The maximum Gasteiger partial charge on any atom is 0.167 e. The first-order valence-corrected chi connectivity index (χ1v) is 8.58. The topological polar surface area (TPSA) is 79.1 Å². The van der Waals surface area contributed by atoms with Crippen LogP contribution in [-0.4, -0.2) is 25.2 Å². The van der Waals surface area contributed by atoms with Crippen molar-refractivity contribution >= 4 is 11.6 Å². The fourth-order valence-corrected chi connectivity index (χ4v) is 2.89. The van der Waals surface area contributed by atoms with Gasteiger partial charge in [-0.1, -0.05) is 48.0 Å². The average molecular weight is 376 g/mol. The van der Waals surface area contributed by atoms with Crippen molar-refractivity contribution < 1.29 is 10.2 Å². The molecule has 0 aliphatic heterocycles. The third-order valence-electron chi connectivity index (χ3n) is 4.01. The van der Waals surface area contributed by atoms with E-state index in [1.807, 2.05) is 6.07 Å². The average Bonchev–Trinajstić information content (AvgIpc) is 2.68. The number of aromatic hydroxyl groups is 2. The lowest BCUT2D eigenvalue weighted by Gasteiger charge is -2.10. The first-order chi connectivity index (χ1) is 13.1. The summed E-state index contributed by atoms with van der Waals surface area (Å²) in [7, 11) is 0. The van der Waals surface area contributed by atoms with Crippen molar-refractivity contribution in [3.8, 4) is 45.7 Å². The Kier molecular flexibility index (Phi) is 4.44. The van der Waals surface area contributed by atoms with E-state index in [1.165, 1.54) is 0 Å². The predicted molar refractivity (Wildman–Crippen MR) is 104 cm³/mol. The van der Waals surface area contributed by atoms with Gasteiger partial charge in [0.05, 0.1) is 11.1 Å². The summed E-state index contributed by atoms with van der Waals surface area (Å²) in [5, 5.41) is 21.0. The number of hydrogen-bond donors (Lipinski definition) is 2. The normalized spacial score (nSPS) is 10.7. The Morgan fingerprint density at radius 2 is 1.11 bits per heavy atom. The van der Waals surface area contributed by atoms with Crippen LogP contribution in [0.2, 0.25) is 5.02 Å². The molecule has 3 aromatic carbocycles. The second-order valence-corrected chi connectivity index (χ2v) is 6.29. The zero-order valence-electron chi connectivity index (χ0n) is 14.0. The van der Waals surface area contributed by atoms with E-state index in [1.54, 1.807) is 66.7 Å². The molecule has 0 spiro atoms. The largest absolute Gasteiger partial charge is 0.507 e. The Balaban J connectivity index is 1.97. The molecule has 0 saturated heterocycles. The van der Waals surface area contributed by atoms with Crippen molar-refractivity contribution in [1.82, 2.24) is 15.0 Å². The van der Waals surface area contributed by atoms with Crippen LogP contribution in [-0.2, 0) is 0 Å². The molecule has 0 bridgehead atoms. The van der Waals surface area contributed by atoms with Gasteiger partial charge < -0.3 is 10.2 Å². The van der Waals surface area contributed by atoms with Crippen molar-refractivity contribution in [3.63, 3.8) is 0 Å². The van der Waals surface area contributed by atoms with E-state index < -0.39 is 0 Å². The molecule has 2 N–H and O–H groups in total. The first-order valence-electron chi connectivity index (χ1n) is 8.20. The lowest BCUT2D eigenvalue weighted by molar-refractivity contribution is 0.477. The number of halogens is 1. The van der Waals surface area contributed by atoms with Gasteiger partial charge in [0.25, 0.3) is 0 Å². The summed E-state index contributed by atoms with van der Waals surface area (Å²) in [6.45, 7) is 0. The zero-order chi connectivity index (χ0) is 18.8. The van der Waals surface area contributed by atoms with E-state index in [-0.39, 0.29) is 11.5 Å². The van der Waals surface area contributed by atoms with Gasteiger partial charge in [-0.15, -0.1) is 0 Å². The molecule has 5 nitrogen and oxygen atoms in total. The van der Waals surface area contributed by atoms with Gasteiger partial charge in [0.15, 0.2) is 17.5 Å². The molecule has 4 aromatic rings. The molecule has 4 rings (SSSR count). The van der Waals surface area contributed by atoms with Crippen LogP contribution in [0.1, 0.15) is 0 Å². The highest BCUT2D eigenvalue weighted by Gasteiger charge is 2.16. The molecule has 0 amide bonds.